The number of aromatic nitrogens is 2. The van der Waals surface area contributed by atoms with Gasteiger partial charge in [0.1, 0.15) is 5.58 Å². The van der Waals surface area contributed by atoms with E-state index in [1.807, 2.05) is 47.0 Å². The van der Waals surface area contributed by atoms with Gasteiger partial charge in [0.2, 0.25) is 0 Å². The summed E-state index contributed by atoms with van der Waals surface area (Å²) in [6, 6.07) is 7.86. The van der Waals surface area contributed by atoms with Gasteiger partial charge in [0.05, 0.1) is 6.61 Å². The number of benzene rings is 1. The maximum absolute atomic E-state index is 13.1. The Morgan fingerprint density at radius 2 is 2.19 bits per heavy atom. The van der Waals surface area contributed by atoms with Gasteiger partial charge in [0.15, 0.2) is 10.9 Å². The van der Waals surface area contributed by atoms with Crippen LogP contribution in [-0.4, -0.2) is 46.7 Å². The van der Waals surface area contributed by atoms with E-state index in [2.05, 4.69) is 4.98 Å². The third kappa shape index (κ3) is 2.85. The molecule has 4 heterocycles. The molecule has 2 fully saturated rings. The van der Waals surface area contributed by atoms with Crippen LogP contribution in [0.25, 0.3) is 11.0 Å². The standard InChI is InChI=1S/C20H21N3O3S/c1-22-8-7-21-19(22)27-10-15-14-4-2-3-5-16(14)26-17(15)18(24)23-11-20(12-23)6-9-25-13-20/h2-5,7-8H,6,9-13H2,1H3. The van der Waals surface area contributed by atoms with Gasteiger partial charge in [-0.25, -0.2) is 4.98 Å². The lowest BCUT2D eigenvalue weighted by molar-refractivity contribution is -0.00162. The van der Waals surface area contributed by atoms with Gasteiger partial charge in [-0.2, -0.15) is 0 Å². The SMILES string of the molecule is Cn1ccnc1SCc1c(C(=O)N2CC3(CCOC3)C2)oc2ccccc12. The van der Waals surface area contributed by atoms with Crippen molar-refractivity contribution in [3.8, 4) is 0 Å². The average molecular weight is 383 g/mol. The van der Waals surface area contributed by atoms with Gasteiger partial charge >= 0.3 is 0 Å². The number of fused-ring (bicyclic) bond motifs is 1. The van der Waals surface area contributed by atoms with Crippen molar-refractivity contribution >= 4 is 28.6 Å². The molecule has 0 radical (unpaired) electrons. The van der Waals surface area contributed by atoms with Gasteiger partial charge < -0.3 is 18.6 Å². The van der Waals surface area contributed by atoms with Crippen LogP contribution in [-0.2, 0) is 17.5 Å². The molecule has 2 saturated heterocycles. The number of para-hydroxylation sites is 1. The molecule has 0 bridgehead atoms. The van der Waals surface area contributed by atoms with Crippen molar-refractivity contribution in [3.63, 3.8) is 0 Å². The number of hydrogen-bond donors (Lipinski definition) is 0. The van der Waals surface area contributed by atoms with Crippen LogP contribution in [0.15, 0.2) is 46.2 Å². The van der Waals surface area contributed by atoms with Crippen LogP contribution in [0.3, 0.4) is 0 Å². The number of aryl methyl sites for hydroxylation is 1. The maximum Gasteiger partial charge on any atom is 0.289 e. The Morgan fingerprint density at radius 1 is 1.33 bits per heavy atom. The molecule has 140 valence electrons. The van der Waals surface area contributed by atoms with Crippen LogP contribution >= 0.6 is 11.8 Å². The molecule has 0 atom stereocenters. The summed E-state index contributed by atoms with van der Waals surface area (Å²) >= 11 is 1.62. The number of hydrogen-bond acceptors (Lipinski definition) is 5. The van der Waals surface area contributed by atoms with Gasteiger partial charge in [-0.3, -0.25) is 4.79 Å². The number of imidazole rings is 1. The molecule has 0 N–H and O–H groups in total. The van der Waals surface area contributed by atoms with Gasteiger partial charge in [0, 0.05) is 61.3 Å². The second-order valence-electron chi connectivity index (χ2n) is 7.48. The first-order valence-electron chi connectivity index (χ1n) is 9.13. The summed E-state index contributed by atoms with van der Waals surface area (Å²) in [7, 11) is 1.97. The van der Waals surface area contributed by atoms with Crippen molar-refractivity contribution in [1.29, 1.82) is 0 Å². The molecular formula is C20H21N3O3S. The first-order valence-corrected chi connectivity index (χ1v) is 10.1. The van der Waals surface area contributed by atoms with Crippen LogP contribution in [0.1, 0.15) is 22.5 Å². The molecule has 1 spiro atoms. The molecule has 1 aromatic carbocycles. The van der Waals surface area contributed by atoms with Crippen molar-refractivity contribution < 1.29 is 13.9 Å². The average Bonchev–Trinajstić information content (AvgIpc) is 3.36. The molecule has 0 saturated carbocycles. The predicted octanol–water partition coefficient (Wildman–Crippen LogP) is 3.32. The van der Waals surface area contributed by atoms with Gasteiger partial charge in [-0.1, -0.05) is 30.0 Å². The number of likely N-dealkylation sites (tertiary alicyclic amines) is 1. The van der Waals surface area contributed by atoms with E-state index in [1.165, 1.54) is 0 Å². The van der Waals surface area contributed by atoms with Crippen molar-refractivity contribution in [2.24, 2.45) is 12.5 Å². The second-order valence-corrected chi connectivity index (χ2v) is 8.42. The van der Waals surface area contributed by atoms with E-state index < -0.39 is 0 Å². The summed E-state index contributed by atoms with van der Waals surface area (Å²) in [5.74, 6) is 1.09. The molecule has 1 amide bonds. The molecule has 5 rings (SSSR count). The first-order chi connectivity index (χ1) is 13.2. The molecule has 27 heavy (non-hydrogen) atoms. The zero-order valence-electron chi connectivity index (χ0n) is 15.2. The number of amides is 1. The fraction of sp³-hybridized carbons (Fsp3) is 0.400. The number of carbonyl (C=O) groups is 1. The number of thioether (sulfide) groups is 1. The normalized spacial score (nSPS) is 18.3. The van der Waals surface area contributed by atoms with Gasteiger partial charge in [0.25, 0.3) is 5.91 Å². The number of carbonyl (C=O) groups excluding carboxylic acids is 1. The lowest BCUT2D eigenvalue weighted by atomic mass is 9.79. The highest BCUT2D eigenvalue weighted by atomic mass is 32.2. The zero-order chi connectivity index (χ0) is 18.4. The minimum Gasteiger partial charge on any atom is -0.451 e. The summed E-state index contributed by atoms with van der Waals surface area (Å²) in [6.07, 6.45) is 4.74. The number of nitrogens with zero attached hydrogens (tertiary/aromatic N) is 3. The third-order valence-corrected chi connectivity index (χ3v) is 6.62. The van der Waals surface area contributed by atoms with Crippen LogP contribution in [0.4, 0.5) is 0 Å². The second kappa shape index (κ2) is 6.42. The Kier molecular flexibility index (Phi) is 4.02. The minimum atomic E-state index is -0.0147. The van der Waals surface area contributed by atoms with E-state index in [9.17, 15) is 4.79 Å². The Morgan fingerprint density at radius 3 is 2.93 bits per heavy atom. The molecular weight excluding hydrogens is 362 g/mol. The summed E-state index contributed by atoms with van der Waals surface area (Å²) in [5.41, 5.74) is 1.88. The van der Waals surface area contributed by atoms with Crippen molar-refractivity contribution in [2.75, 3.05) is 26.3 Å². The Labute approximate surface area is 161 Å². The first kappa shape index (κ1) is 16.9. The lowest BCUT2D eigenvalue weighted by Crippen LogP contribution is -2.58. The number of rotatable bonds is 4. The van der Waals surface area contributed by atoms with E-state index in [0.29, 0.717) is 11.5 Å². The van der Waals surface area contributed by atoms with Crippen LogP contribution in [0, 0.1) is 5.41 Å². The number of ether oxygens (including phenoxy) is 1. The zero-order valence-corrected chi connectivity index (χ0v) is 16.0. The van der Waals surface area contributed by atoms with E-state index in [4.69, 9.17) is 9.15 Å². The van der Waals surface area contributed by atoms with Gasteiger partial charge in [-0.05, 0) is 12.5 Å². The molecule has 2 aliphatic rings. The third-order valence-electron chi connectivity index (χ3n) is 5.54. The monoisotopic (exact) mass is 383 g/mol. The fourth-order valence-corrected chi connectivity index (χ4v) is 4.95. The van der Waals surface area contributed by atoms with Crippen LogP contribution in [0.2, 0.25) is 0 Å². The highest BCUT2D eigenvalue weighted by Gasteiger charge is 2.48. The van der Waals surface area contributed by atoms with Crippen LogP contribution in [0.5, 0.6) is 0 Å². The van der Waals surface area contributed by atoms with Crippen molar-refractivity contribution in [3.05, 3.63) is 48.0 Å². The van der Waals surface area contributed by atoms with E-state index in [0.717, 1.165) is 54.4 Å². The number of furan rings is 1. The topological polar surface area (TPSA) is 60.5 Å². The molecule has 0 aliphatic carbocycles. The summed E-state index contributed by atoms with van der Waals surface area (Å²) < 4.78 is 13.5. The molecule has 2 aliphatic heterocycles. The van der Waals surface area contributed by atoms with Crippen molar-refractivity contribution in [2.45, 2.75) is 17.3 Å². The quantitative estimate of drug-likeness (QED) is 0.647. The largest absolute Gasteiger partial charge is 0.451 e. The summed E-state index contributed by atoms with van der Waals surface area (Å²) in [5, 5.41) is 1.92. The molecule has 6 nitrogen and oxygen atoms in total. The summed E-state index contributed by atoms with van der Waals surface area (Å²) in [6.45, 7) is 3.08. The Bertz CT molecular complexity index is 995. The molecule has 2 aromatic heterocycles. The fourth-order valence-electron chi connectivity index (χ4n) is 3.99. The highest BCUT2D eigenvalue weighted by molar-refractivity contribution is 7.98. The van der Waals surface area contributed by atoms with E-state index in [1.54, 1.807) is 18.0 Å². The smallest absolute Gasteiger partial charge is 0.289 e. The molecule has 0 unspecified atom stereocenters. The molecule has 3 aromatic rings. The highest BCUT2D eigenvalue weighted by Crippen LogP contribution is 2.40. The molecule has 7 heteroatoms. The van der Waals surface area contributed by atoms with Crippen LogP contribution < -0.4 is 0 Å². The lowest BCUT2D eigenvalue weighted by Gasteiger charge is -2.46. The Hall–Kier alpha value is -2.25. The maximum atomic E-state index is 13.1. The summed E-state index contributed by atoms with van der Waals surface area (Å²) in [4.78, 5) is 19.4. The van der Waals surface area contributed by atoms with E-state index >= 15 is 0 Å². The minimum absolute atomic E-state index is 0.0147. The predicted molar refractivity (Wildman–Crippen MR) is 103 cm³/mol. The Balaban J connectivity index is 1.43. The van der Waals surface area contributed by atoms with Gasteiger partial charge in [-0.15, -0.1) is 0 Å². The van der Waals surface area contributed by atoms with E-state index in [-0.39, 0.29) is 11.3 Å². The van der Waals surface area contributed by atoms with Crippen molar-refractivity contribution in [1.82, 2.24) is 14.5 Å².